The molecule has 2 aliphatic heterocycles. The van der Waals surface area contributed by atoms with Gasteiger partial charge in [0.2, 0.25) is 0 Å². The number of hydrogen-bond donors (Lipinski definition) is 1. The van der Waals surface area contributed by atoms with E-state index in [4.69, 9.17) is 0 Å². The molecule has 2 nitrogen and oxygen atoms in total. The lowest BCUT2D eigenvalue weighted by molar-refractivity contribution is -0.0483. The number of hydrogen-bond acceptors (Lipinski definition) is 2. The molecule has 0 aromatic heterocycles. The van der Waals surface area contributed by atoms with Crippen LogP contribution in [0.5, 0.6) is 0 Å². The van der Waals surface area contributed by atoms with Gasteiger partial charge in [-0.05, 0) is 68.7 Å². The van der Waals surface area contributed by atoms with Gasteiger partial charge in [-0.15, -0.1) is 0 Å². The predicted molar refractivity (Wildman–Crippen MR) is 103 cm³/mol. The van der Waals surface area contributed by atoms with E-state index in [0.717, 1.165) is 12.8 Å². The van der Waals surface area contributed by atoms with Crippen LogP contribution in [0.3, 0.4) is 0 Å². The van der Waals surface area contributed by atoms with Gasteiger partial charge in [-0.25, -0.2) is 0 Å². The van der Waals surface area contributed by atoms with Gasteiger partial charge in [0.25, 0.3) is 0 Å². The summed E-state index contributed by atoms with van der Waals surface area (Å²) in [6, 6.07) is 18.8. The molecular formula is C23H29NO. The Kier molecular flexibility index (Phi) is 4.21. The van der Waals surface area contributed by atoms with Crippen molar-refractivity contribution in [3.05, 3.63) is 70.8 Å². The molecule has 0 saturated carbocycles. The first kappa shape index (κ1) is 16.8. The highest BCUT2D eigenvalue weighted by atomic mass is 16.3. The van der Waals surface area contributed by atoms with Crippen molar-refractivity contribution in [1.29, 1.82) is 0 Å². The lowest BCUT2D eigenvalue weighted by Crippen LogP contribution is -2.51. The van der Waals surface area contributed by atoms with E-state index in [1.54, 1.807) is 0 Å². The van der Waals surface area contributed by atoms with Gasteiger partial charge in [0.05, 0.1) is 11.6 Å². The molecule has 0 amide bonds. The summed E-state index contributed by atoms with van der Waals surface area (Å²) in [6.07, 6.45) is 4.18. The van der Waals surface area contributed by atoms with Crippen LogP contribution in [0.4, 0.5) is 0 Å². The van der Waals surface area contributed by atoms with Crippen molar-refractivity contribution in [2.45, 2.75) is 70.2 Å². The Hall–Kier alpha value is -1.64. The van der Waals surface area contributed by atoms with Gasteiger partial charge >= 0.3 is 0 Å². The second kappa shape index (κ2) is 6.26. The molecule has 2 atom stereocenters. The van der Waals surface area contributed by atoms with E-state index in [2.05, 4.69) is 67.3 Å². The number of nitrogens with zero attached hydrogens (tertiary/aromatic N) is 1. The number of aryl methyl sites for hydroxylation is 2. The number of fused-ring (bicyclic) bond motifs is 2. The lowest BCUT2D eigenvalue weighted by atomic mass is 9.83. The third-order valence-electron chi connectivity index (χ3n) is 6.29. The third-order valence-corrected chi connectivity index (χ3v) is 6.29. The number of piperidine rings is 1. The van der Waals surface area contributed by atoms with E-state index >= 15 is 0 Å². The van der Waals surface area contributed by atoms with E-state index in [0.29, 0.717) is 12.1 Å². The summed E-state index contributed by atoms with van der Waals surface area (Å²) < 4.78 is 0. The maximum atomic E-state index is 10.7. The van der Waals surface area contributed by atoms with Crippen molar-refractivity contribution in [2.75, 3.05) is 0 Å². The monoisotopic (exact) mass is 335 g/mol. The molecular weight excluding hydrogens is 306 g/mol. The number of rotatable bonds is 3. The van der Waals surface area contributed by atoms with Crippen LogP contribution in [0.1, 0.15) is 60.9 Å². The zero-order valence-electron chi connectivity index (χ0n) is 15.6. The fourth-order valence-corrected chi connectivity index (χ4v) is 5.19. The Morgan fingerprint density at radius 1 is 0.880 bits per heavy atom. The average molecular weight is 335 g/mol. The van der Waals surface area contributed by atoms with Gasteiger partial charge < -0.3 is 5.11 Å². The number of aliphatic hydroxyl groups is 1. The summed E-state index contributed by atoms with van der Waals surface area (Å²) in [5, 5.41) is 10.7. The molecule has 2 aliphatic rings. The zero-order valence-corrected chi connectivity index (χ0v) is 15.6. The standard InChI is InChI=1S/C23H29NO/c1-16-8-4-6-10-20(16)22(21-11-7-5-9-17(21)2)24-18-12-13-19(24)15-23(3,25)14-18/h4-11,18-19,22,25H,12-15H2,1-3H3. The summed E-state index contributed by atoms with van der Waals surface area (Å²) in [6.45, 7) is 6.47. The molecule has 2 heterocycles. The molecule has 25 heavy (non-hydrogen) atoms. The van der Waals surface area contributed by atoms with Gasteiger partial charge in [0.15, 0.2) is 0 Å². The molecule has 2 saturated heterocycles. The Bertz CT molecular complexity index is 705. The van der Waals surface area contributed by atoms with Crippen LogP contribution in [-0.4, -0.2) is 27.7 Å². The first-order valence-corrected chi connectivity index (χ1v) is 9.57. The maximum Gasteiger partial charge on any atom is 0.0649 e. The molecule has 2 aromatic rings. The Morgan fingerprint density at radius 2 is 1.32 bits per heavy atom. The van der Waals surface area contributed by atoms with E-state index in [9.17, 15) is 5.11 Å². The highest BCUT2D eigenvalue weighted by Gasteiger charge is 2.48. The van der Waals surface area contributed by atoms with Crippen LogP contribution >= 0.6 is 0 Å². The van der Waals surface area contributed by atoms with Crippen molar-refractivity contribution >= 4 is 0 Å². The second-order valence-corrected chi connectivity index (χ2v) is 8.35. The molecule has 2 unspecified atom stereocenters. The molecule has 1 N–H and O–H groups in total. The average Bonchev–Trinajstić information content (AvgIpc) is 2.83. The van der Waals surface area contributed by atoms with Crippen LogP contribution in [0.25, 0.3) is 0 Å². The maximum absolute atomic E-state index is 10.7. The molecule has 2 fully saturated rings. The quantitative estimate of drug-likeness (QED) is 0.873. The van der Waals surface area contributed by atoms with Gasteiger partial charge in [-0.3, -0.25) is 4.90 Å². The molecule has 2 bridgehead atoms. The minimum absolute atomic E-state index is 0.288. The van der Waals surface area contributed by atoms with Gasteiger partial charge in [-0.2, -0.15) is 0 Å². The highest BCUT2D eigenvalue weighted by Crippen LogP contribution is 2.47. The Labute approximate surface area is 151 Å². The first-order chi connectivity index (χ1) is 12.0. The van der Waals surface area contributed by atoms with Gasteiger partial charge in [0.1, 0.15) is 0 Å². The van der Waals surface area contributed by atoms with Crippen molar-refractivity contribution in [1.82, 2.24) is 4.90 Å². The Balaban J connectivity index is 1.83. The van der Waals surface area contributed by atoms with Gasteiger partial charge in [0, 0.05) is 12.1 Å². The van der Waals surface area contributed by atoms with Crippen molar-refractivity contribution in [2.24, 2.45) is 0 Å². The second-order valence-electron chi connectivity index (χ2n) is 8.35. The largest absolute Gasteiger partial charge is 0.390 e. The van der Waals surface area contributed by atoms with E-state index in [1.807, 2.05) is 6.92 Å². The topological polar surface area (TPSA) is 23.5 Å². The minimum atomic E-state index is -0.510. The SMILES string of the molecule is Cc1ccccc1C(c1ccccc1C)N1C2CCC1CC(C)(O)C2. The minimum Gasteiger partial charge on any atom is -0.390 e. The van der Waals surface area contributed by atoms with Crippen LogP contribution in [-0.2, 0) is 0 Å². The van der Waals surface area contributed by atoms with E-state index in [-0.39, 0.29) is 6.04 Å². The summed E-state index contributed by atoms with van der Waals surface area (Å²) in [5.41, 5.74) is 5.02. The fourth-order valence-electron chi connectivity index (χ4n) is 5.19. The van der Waals surface area contributed by atoms with Crippen molar-refractivity contribution < 1.29 is 5.11 Å². The van der Waals surface area contributed by atoms with Gasteiger partial charge in [-0.1, -0.05) is 48.5 Å². The molecule has 4 rings (SSSR count). The van der Waals surface area contributed by atoms with Crippen LogP contribution in [0.15, 0.2) is 48.5 Å². The van der Waals surface area contributed by atoms with Crippen LogP contribution < -0.4 is 0 Å². The van der Waals surface area contributed by atoms with E-state index in [1.165, 1.54) is 35.1 Å². The summed E-state index contributed by atoms with van der Waals surface area (Å²) in [7, 11) is 0. The van der Waals surface area contributed by atoms with Crippen molar-refractivity contribution in [3.8, 4) is 0 Å². The Morgan fingerprint density at radius 3 is 1.76 bits per heavy atom. The van der Waals surface area contributed by atoms with Crippen molar-refractivity contribution in [3.63, 3.8) is 0 Å². The molecule has 0 spiro atoms. The number of benzene rings is 2. The molecule has 0 radical (unpaired) electrons. The lowest BCUT2D eigenvalue weighted by Gasteiger charge is -2.47. The molecule has 2 aromatic carbocycles. The van der Waals surface area contributed by atoms with E-state index < -0.39 is 5.60 Å². The molecule has 2 heteroatoms. The van der Waals surface area contributed by atoms with Crippen LogP contribution in [0.2, 0.25) is 0 Å². The third kappa shape index (κ3) is 3.02. The molecule has 0 aliphatic carbocycles. The predicted octanol–water partition coefficient (Wildman–Crippen LogP) is 4.77. The summed E-state index contributed by atoms with van der Waals surface area (Å²) >= 11 is 0. The first-order valence-electron chi connectivity index (χ1n) is 9.57. The normalized spacial score (nSPS) is 29.3. The zero-order chi connectivity index (χ0) is 17.6. The smallest absolute Gasteiger partial charge is 0.0649 e. The fraction of sp³-hybridized carbons (Fsp3) is 0.478. The molecule has 132 valence electrons. The summed E-state index contributed by atoms with van der Waals surface area (Å²) in [5.74, 6) is 0. The van der Waals surface area contributed by atoms with Crippen LogP contribution in [0, 0.1) is 13.8 Å². The highest BCUT2D eigenvalue weighted by molar-refractivity contribution is 5.41. The summed E-state index contributed by atoms with van der Waals surface area (Å²) in [4.78, 5) is 2.72.